The molecule has 0 fully saturated rings. The first-order chi connectivity index (χ1) is 31.7. The highest BCUT2D eigenvalue weighted by molar-refractivity contribution is 6.22. The first-order valence-electron chi connectivity index (χ1n) is 22.7. The molecule has 0 amide bonds. The third kappa shape index (κ3) is 5.75. The van der Waals surface area contributed by atoms with Gasteiger partial charge in [0.05, 0.1) is 39.5 Å². The smallest absolute Gasteiger partial charge is 0.155 e. The van der Waals surface area contributed by atoms with E-state index in [9.17, 15) is 0 Å². The Hall–Kier alpha value is -7.82. The fourth-order valence-corrected chi connectivity index (χ4v) is 10.9. The Kier molecular flexibility index (Phi) is 8.42. The molecule has 0 N–H and O–H groups in total. The molecule has 9 aromatic carbocycles. The van der Waals surface area contributed by atoms with Crippen LogP contribution in [0.4, 0.5) is 0 Å². The number of rotatable bonds is 6. The molecule has 0 spiro atoms. The lowest BCUT2D eigenvalue weighted by Crippen LogP contribution is -2.37. The molecule has 1 aliphatic heterocycles. The molecule has 0 saturated heterocycles. The van der Waals surface area contributed by atoms with Crippen LogP contribution >= 0.6 is 0 Å². The standard InChI is InChI=1S/C60H44N4/c1-2-47-58(39-18-5-3-6-19-39)61-60(40-20-7-4-8-21-40)62-59(47)45-31-44-25-13-14-26-48(44)54(35-45)64-53-28-16-15-27-49(53)51-36-52-50-33-42-23-11-12-24-43(42)34-55(50)63(56(52)37-57(51)64)46-30-29-38-17-9-10-22-41(38)32-46/h3-18,20-37,39,47,58H,2,19H2,1H3. The maximum atomic E-state index is 5.54. The Morgan fingerprint density at radius 2 is 1.14 bits per heavy atom. The van der Waals surface area contributed by atoms with Crippen LogP contribution in [-0.4, -0.2) is 26.7 Å². The van der Waals surface area contributed by atoms with Crippen molar-refractivity contribution in [3.8, 4) is 11.4 Å². The number of aromatic nitrogens is 2. The number of allylic oxidation sites excluding steroid dienone is 3. The fourth-order valence-electron chi connectivity index (χ4n) is 10.9. The maximum Gasteiger partial charge on any atom is 0.155 e. The number of hydrogen-bond donors (Lipinski definition) is 0. The van der Waals surface area contributed by atoms with Crippen molar-refractivity contribution in [1.29, 1.82) is 0 Å². The summed E-state index contributed by atoms with van der Waals surface area (Å²) in [4.78, 5) is 11.0. The topological polar surface area (TPSA) is 34.6 Å². The molecule has 2 aromatic heterocycles. The summed E-state index contributed by atoms with van der Waals surface area (Å²) in [5.41, 5.74) is 10.4. The zero-order valence-electron chi connectivity index (χ0n) is 35.6. The zero-order valence-corrected chi connectivity index (χ0v) is 35.6. The maximum absolute atomic E-state index is 5.54. The van der Waals surface area contributed by atoms with Crippen molar-refractivity contribution in [2.45, 2.75) is 25.8 Å². The molecule has 0 saturated carbocycles. The monoisotopic (exact) mass is 820 g/mol. The molecule has 3 atom stereocenters. The van der Waals surface area contributed by atoms with Gasteiger partial charge in [-0.05, 0) is 99.9 Å². The summed E-state index contributed by atoms with van der Waals surface area (Å²) in [5.74, 6) is 1.26. The molecular weight excluding hydrogens is 777 g/mol. The summed E-state index contributed by atoms with van der Waals surface area (Å²) in [6, 6.07) is 67.2. The summed E-state index contributed by atoms with van der Waals surface area (Å²) in [6.07, 6.45) is 10.9. The van der Waals surface area contributed by atoms with Gasteiger partial charge < -0.3 is 9.13 Å². The summed E-state index contributed by atoms with van der Waals surface area (Å²) in [7, 11) is 0. The number of aliphatic imine (C=N–C) groups is 2. The molecule has 1 aliphatic carbocycles. The number of amidine groups is 1. The Morgan fingerprint density at radius 3 is 1.94 bits per heavy atom. The van der Waals surface area contributed by atoms with Crippen LogP contribution in [-0.2, 0) is 0 Å². The van der Waals surface area contributed by atoms with Crippen molar-refractivity contribution >= 4 is 87.5 Å². The highest BCUT2D eigenvalue weighted by Crippen LogP contribution is 2.43. The van der Waals surface area contributed by atoms with Crippen molar-refractivity contribution in [2.75, 3.05) is 0 Å². The predicted molar refractivity (Wildman–Crippen MR) is 271 cm³/mol. The van der Waals surface area contributed by atoms with Gasteiger partial charge in [-0.15, -0.1) is 0 Å². The van der Waals surface area contributed by atoms with E-state index in [1.807, 2.05) is 0 Å². The highest BCUT2D eigenvalue weighted by atomic mass is 15.0. The Balaban J connectivity index is 1.10. The molecule has 11 aromatic rings. The molecule has 0 bridgehead atoms. The van der Waals surface area contributed by atoms with E-state index >= 15 is 0 Å². The predicted octanol–water partition coefficient (Wildman–Crippen LogP) is 15.1. The van der Waals surface area contributed by atoms with Gasteiger partial charge in [0, 0.05) is 50.0 Å². The van der Waals surface area contributed by atoms with Gasteiger partial charge in [0.25, 0.3) is 0 Å². The molecular formula is C60H44N4. The van der Waals surface area contributed by atoms with Crippen LogP contribution in [0.3, 0.4) is 0 Å². The minimum atomic E-state index is 0.0685. The van der Waals surface area contributed by atoms with Gasteiger partial charge in [-0.25, -0.2) is 4.99 Å². The molecule has 64 heavy (non-hydrogen) atoms. The Morgan fingerprint density at radius 1 is 0.484 bits per heavy atom. The second-order valence-electron chi connectivity index (χ2n) is 17.6. The van der Waals surface area contributed by atoms with Gasteiger partial charge in [-0.1, -0.05) is 159 Å². The number of benzene rings is 9. The minimum Gasteiger partial charge on any atom is -0.309 e. The summed E-state index contributed by atoms with van der Waals surface area (Å²) < 4.78 is 5.01. The first kappa shape index (κ1) is 36.8. The van der Waals surface area contributed by atoms with Crippen molar-refractivity contribution in [1.82, 2.24) is 9.13 Å². The van der Waals surface area contributed by atoms with Gasteiger partial charge >= 0.3 is 0 Å². The van der Waals surface area contributed by atoms with Gasteiger partial charge in [-0.3, -0.25) is 4.99 Å². The average molecular weight is 821 g/mol. The van der Waals surface area contributed by atoms with Crippen molar-refractivity contribution in [3.05, 3.63) is 217 Å². The zero-order chi connectivity index (χ0) is 42.3. The molecule has 304 valence electrons. The second-order valence-corrected chi connectivity index (χ2v) is 17.6. The van der Waals surface area contributed by atoms with Crippen LogP contribution in [0, 0.1) is 11.8 Å². The van der Waals surface area contributed by atoms with E-state index < -0.39 is 0 Å². The van der Waals surface area contributed by atoms with E-state index in [1.54, 1.807) is 0 Å². The lowest BCUT2D eigenvalue weighted by molar-refractivity contribution is 0.410. The first-order valence-corrected chi connectivity index (χ1v) is 22.7. The third-order valence-corrected chi connectivity index (χ3v) is 14.0. The van der Waals surface area contributed by atoms with Crippen LogP contribution in [0.25, 0.3) is 87.3 Å². The minimum absolute atomic E-state index is 0.0685. The van der Waals surface area contributed by atoms with Crippen LogP contribution in [0.15, 0.2) is 216 Å². The molecule has 0 radical (unpaired) electrons. The largest absolute Gasteiger partial charge is 0.309 e. The average Bonchev–Trinajstić information content (AvgIpc) is 3.85. The number of hydrogen-bond acceptors (Lipinski definition) is 2. The molecule has 13 rings (SSSR count). The Labute approximate surface area is 371 Å². The lowest BCUT2D eigenvalue weighted by Gasteiger charge is -2.34. The van der Waals surface area contributed by atoms with Gasteiger partial charge in [0.1, 0.15) is 0 Å². The van der Waals surface area contributed by atoms with E-state index in [0.717, 1.165) is 46.9 Å². The quantitative estimate of drug-likeness (QED) is 0.160. The Bertz CT molecular complexity index is 3820. The van der Waals surface area contributed by atoms with Gasteiger partial charge in [-0.2, -0.15) is 0 Å². The SMILES string of the molecule is CCC1C(c2cc(-n3c4ccccc4c4cc5c6cc7ccccc7cc6n(-c6ccc7ccccc7c6)c5cc43)c3ccccc3c2)=NC(c2ccccc2)=NC1C1C=CC=CC1. The molecule has 4 heteroatoms. The third-order valence-electron chi connectivity index (χ3n) is 14.0. The second kappa shape index (κ2) is 14.6. The van der Waals surface area contributed by atoms with Crippen LogP contribution in [0.2, 0.25) is 0 Å². The number of fused-ring (bicyclic) bond motifs is 9. The summed E-state index contributed by atoms with van der Waals surface area (Å²) in [5, 5.41) is 12.3. The normalized spacial score (nSPS) is 17.7. The van der Waals surface area contributed by atoms with E-state index in [1.165, 1.54) is 75.9 Å². The fraction of sp³-hybridized carbons (Fsp3) is 0.100. The van der Waals surface area contributed by atoms with E-state index in [2.05, 4.69) is 222 Å². The van der Waals surface area contributed by atoms with Crippen molar-refractivity contribution < 1.29 is 0 Å². The van der Waals surface area contributed by atoms with E-state index in [4.69, 9.17) is 9.98 Å². The number of nitrogens with zero attached hydrogens (tertiary/aromatic N) is 4. The van der Waals surface area contributed by atoms with Crippen molar-refractivity contribution in [2.24, 2.45) is 21.8 Å². The van der Waals surface area contributed by atoms with E-state index in [0.29, 0.717) is 5.92 Å². The van der Waals surface area contributed by atoms with Gasteiger partial charge in [0.2, 0.25) is 0 Å². The molecule has 3 heterocycles. The van der Waals surface area contributed by atoms with Crippen molar-refractivity contribution in [3.63, 3.8) is 0 Å². The summed E-state index contributed by atoms with van der Waals surface area (Å²) in [6.45, 7) is 2.30. The summed E-state index contributed by atoms with van der Waals surface area (Å²) >= 11 is 0. The van der Waals surface area contributed by atoms with Crippen LogP contribution in [0.1, 0.15) is 30.9 Å². The molecule has 4 nitrogen and oxygen atoms in total. The van der Waals surface area contributed by atoms with Crippen LogP contribution < -0.4 is 0 Å². The lowest BCUT2D eigenvalue weighted by atomic mass is 9.78. The number of para-hydroxylation sites is 1. The van der Waals surface area contributed by atoms with Crippen LogP contribution in [0.5, 0.6) is 0 Å². The highest BCUT2D eigenvalue weighted by Gasteiger charge is 2.35. The molecule has 2 aliphatic rings. The molecule has 3 unspecified atom stereocenters. The van der Waals surface area contributed by atoms with E-state index in [-0.39, 0.29) is 12.0 Å². The van der Waals surface area contributed by atoms with Gasteiger partial charge in [0.15, 0.2) is 5.84 Å².